The highest BCUT2D eigenvalue weighted by Crippen LogP contribution is 2.25. The number of fused-ring (bicyclic) bond motifs is 1. The molecule has 0 saturated carbocycles. The van der Waals surface area contributed by atoms with E-state index in [1.807, 2.05) is 12.1 Å². The summed E-state index contributed by atoms with van der Waals surface area (Å²) in [5.41, 5.74) is 7.57. The predicted octanol–water partition coefficient (Wildman–Crippen LogP) is 1.51. The number of nitriles is 1. The molecule has 0 fully saturated rings. The van der Waals surface area contributed by atoms with Crippen molar-refractivity contribution >= 4 is 0 Å². The third kappa shape index (κ3) is 1.38. The van der Waals surface area contributed by atoms with Crippen LogP contribution in [0, 0.1) is 17.1 Å². The molecule has 0 radical (unpaired) electrons. The monoisotopic (exact) mass is 190 g/mol. The second kappa shape index (κ2) is 3.39. The zero-order valence-electron chi connectivity index (χ0n) is 7.76. The molecule has 1 aromatic rings. The first-order valence-corrected chi connectivity index (χ1v) is 4.68. The number of hydrogen-bond acceptors (Lipinski definition) is 2. The van der Waals surface area contributed by atoms with Crippen LogP contribution in [0.5, 0.6) is 0 Å². The summed E-state index contributed by atoms with van der Waals surface area (Å²) in [6, 6.07) is 5.33. The average molecular weight is 190 g/mol. The molecule has 1 aliphatic rings. The largest absolute Gasteiger partial charge is 0.327 e. The summed E-state index contributed by atoms with van der Waals surface area (Å²) >= 11 is 0. The van der Waals surface area contributed by atoms with Crippen molar-refractivity contribution in [1.82, 2.24) is 0 Å². The van der Waals surface area contributed by atoms with Crippen LogP contribution >= 0.6 is 0 Å². The molecule has 1 atom stereocenters. The molecule has 2 nitrogen and oxygen atoms in total. The van der Waals surface area contributed by atoms with Crippen LogP contribution in [0.1, 0.15) is 23.1 Å². The molecular formula is C11H11FN2. The van der Waals surface area contributed by atoms with Crippen molar-refractivity contribution in [2.45, 2.75) is 25.3 Å². The molecule has 2 N–H and O–H groups in total. The van der Waals surface area contributed by atoms with Crippen molar-refractivity contribution in [3.8, 4) is 6.07 Å². The van der Waals surface area contributed by atoms with E-state index in [9.17, 15) is 4.39 Å². The first-order valence-electron chi connectivity index (χ1n) is 4.68. The minimum Gasteiger partial charge on any atom is -0.327 e. The number of halogens is 1. The fourth-order valence-corrected chi connectivity index (χ4v) is 1.92. The second-order valence-corrected chi connectivity index (χ2v) is 3.68. The molecule has 0 bridgehead atoms. The predicted molar refractivity (Wildman–Crippen MR) is 51.1 cm³/mol. The summed E-state index contributed by atoms with van der Waals surface area (Å²) in [4.78, 5) is 0. The second-order valence-electron chi connectivity index (χ2n) is 3.68. The zero-order valence-corrected chi connectivity index (χ0v) is 7.76. The van der Waals surface area contributed by atoms with Gasteiger partial charge in [0, 0.05) is 6.04 Å². The van der Waals surface area contributed by atoms with Gasteiger partial charge in [0.2, 0.25) is 0 Å². The minimum absolute atomic E-state index is 0.134. The van der Waals surface area contributed by atoms with Crippen LogP contribution in [-0.4, -0.2) is 6.04 Å². The third-order valence-electron chi connectivity index (χ3n) is 2.71. The molecule has 0 aromatic heterocycles. The van der Waals surface area contributed by atoms with E-state index in [4.69, 9.17) is 11.0 Å². The van der Waals surface area contributed by atoms with Crippen molar-refractivity contribution < 1.29 is 4.39 Å². The summed E-state index contributed by atoms with van der Waals surface area (Å²) in [6.07, 6.45) is 2.18. The first kappa shape index (κ1) is 9.17. The quantitative estimate of drug-likeness (QED) is 0.674. The zero-order chi connectivity index (χ0) is 10.1. The number of rotatable bonds is 0. The number of benzene rings is 1. The molecule has 2 rings (SSSR count). The van der Waals surface area contributed by atoms with Gasteiger partial charge >= 0.3 is 0 Å². The number of hydrogen-bond donors (Lipinski definition) is 1. The Morgan fingerprint density at radius 3 is 3.00 bits per heavy atom. The molecule has 3 heteroatoms. The van der Waals surface area contributed by atoms with Gasteiger partial charge in [-0.2, -0.15) is 5.26 Å². The van der Waals surface area contributed by atoms with Crippen molar-refractivity contribution in [3.05, 3.63) is 34.6 Å². The van der Waals surface area contributed by atoms with Crippen LogP contribution in [0.3, 0.4) is 0 Å². The molecule has 0 heterocycles. The standard InChI is InChI=1S/C11H11FN2/c12-11-8(6-13)2-1-7-5-9(14)3-4-10(7)11/h1-2,9H,3-5,14H2. The molecule has 0 amide bonds. The van der Waals surface area contributed by atoms with Crippen LogP contribution < -0.4 is 5.73 Å². The fraction of sp³-hybridized carbons (Fsp3) is 0.364. The van der Waals surface area contributed by atoms with Gasteiger partial charge in [0.25, 0.3) is 0 Å². The Morgan fingerprint density at radius 1 is 1.50 bits per heavy atom. The van der Waals surface area contributed by atoms with Crippen molar-refractivity contribution in [2.75, 3.05) is 0 Å². The summed E-state index contributed by atoms with van der Waals surface area (Å²) < 4.78 is 13.6. The maximum atomic E-state index is 13.6. The van der Waals surface area contributed by atoms with E-state index >= 15 is 0 Å². The van der Waals surface area contributed by atoms with E-state index in [0.717, 1.165) is 18.4 Å². The van der Waals surface area contributed by atoms with Gasteiger partial charge in [-0.05, 0) is 36.5 Å². The van der Waals surface area contributed by atoms with E-state index in [1.54, 1.807) is 0 Å². The number of nitrogens with zero attached hydrogens (tertiary/aromatic N) is 1. The summed E-state index contributed by atoms with van der Waals surface area (Å²) in [7, 11) is 0. The van der Waals surface area contributed by atoms with Crippen LogP contribution in [0.25, 0.3) is 0 Å². The molecular weight excluding hydrogens is 179 g/mol. The Morgan fingerprint density at radius 2 is 2.29 bits per heavy atom. The molecule has 1 unspecified atom stereocenters. The van der Waals surface area contributed by atoms with Gasteiger partial charge < -0.3 is 5.73 Å². The van der Waals surface area contributed by atoms with Crippen LogP contribution in [0.4, 0.5) is 4.39 Å². The van der Waals surface area contributed by atoms with Crippen molar-refractivity contribution in [3.63, 3.8) is 0 Å². The summed E-state index contributed by atoms with van der Waals surface area (Å²) in [6.45, 7) is 0. The smallest absolute Gasteiger partial charge is 0.144 e. The normalized spacial score (nSPS) is 19.9. The van der Waals surface area contributed by atoms with E-state index in [0.29, 0.717) is 12.0 Å². The van der Waals surface area contributed by atoms with Crippen LogP contribution in [0.15, 0.2) is 12.1 Å². The molecule has 0 aliphatic heterocycles. The van der Waals surface area contributed by atoms with Gasteiger partial charge in [-0.3, -0.25) is 0 Å². The lowest BCUT2D eigenvalue weighted by atomic mass is 9.87. The molecule has 14 heavy (non-hydrogen) atoms. The maximum absolute atomic E-state index is 13.6. The topological polar surface area (TPSA) is 49.8 Å². The number of nitrogens with two attached hydrogens (primary N) is 1. The van der Waals surface area contributed by atoms with Crippen molar-refractivity contribution in [1.29, 1.82) is 5.26 Å². The average Bonchev–Trinajstić information content (AvgIpc) is 2.18. The molecule has 1 aromatic carbocycles. The van der Waals surface area contributed by atoms with E-state index in [2.05, 4.69) is 0 Å². The lowest BCUT2D eigenvalue weighted by molar-refractivity contribution is 0.536. The van der Waals surface area contributed by atoms with E-state index < -0.39 is 0 Å². The third-order valence-corrected chi connectivity index (χ3v) is 2.71. The summed E-state index contributed by atoms with van der Waals surface area (Å²) in [5, 5.41) is 8.66. The van der Waals surface area contributed by atoms with Crippen LogP contribution in [-0.2, 0) is 12.8 Å². The lowest BCUT2D eigenvalue weighted by Gasteiger charge is -2.21. The Hall–Kier alpha value is -1.40. The summed E-state index contributed by atoms with van der Waals surface area (Å²) in [5.74, 6) is -0.350. The highest BCUT2D eigenvalue weighted by Gasteiger charge is 2.20. The molecule has 0 spiro atoms. The van der Waals surface area contributed by atoms with E-state index in [1.165, 1.54) is 6.07 Å². The maximum Gasteiger partial charge on any atom is 0.144 e. The molecule has 1 aliphatic carbocycles. The highest BCUT2D eigenvalue weighted by atomic mass is 19.1. The van der Waals surface area contributed by atoms with E-state index in [-0.39, 0.29) is 17.4 Å². The van der Waals surface area contributed by atoms with Gasteiger partial charge in [-0.25, -0.2) is 4.39 Å². The van der Waals surface area contributed by atoms with Gasteiger partial charge in [-0.15, -0.1) is 0 Å². The Kier molecular flexibility index (Phi) is 2.22. The van der Waals surface area contributed by atoms with Crippen LogP contribution in [0.2, 0.25) is 0 Å². The Labute approximate surface area is 82.1 Å². The van der Waals surface area contributed by atoms with Gasteiger partial charge in [0.15, 0.2) is 0 Å². The molecule has 72 valence electrons. The lowest BCUT2D eigenvalue weighted by Crippen LogP contribution is -2.28. The SMILES string of the molecule is N#Cc1ccc2c(c1F)CCC(N)C2. The minimum atomic E-state index is -0.350. The van der Waals surface area contributed by atoms with Crippen molar-refractivity contribution in [2.24, 2.45) is 5.73 Å². The van der Waals surface area contributed by atoms with Gasteiger partial charge in [0.1, 0.15) is 11.9 Å². The molecule has 0 saturated heterocycles. The fourth-order valence-electron chi connectivity index (χ4n) is 1.92. The highest BCUT2D eigenvalue weighted by molar-refractivity contribution is 5.41. The Bertz CT molecular complexity index is 406. The van der Waals surface area contributed by atoms with Gasteiger partial charge in [-0.1, -0.05) is 6.07 Å². The Balaban J connectivity index is 2.50. The first-order chi connectivity index (χ1) is 6.72. The van der Waals surface area contributed by atoms with Gasteiger partial charge in [0.05, 0.1) is 5.56 Å².